The number of hydrogen-bond acceptors (Lipinski definition) is 2. The van der Waals surface area contributed by atoms with E-state index in [0.29, 0.717) is 10.0 Å². The second-order valence-electron chi connectivity index (χ2n) is 4.08. The first-order valence-corrected chi connectivity index (χ1v) is 6.41. The molecule has 2 rings (SSSR count). The Morgan fingerprint density at radius 2 is 1.72 bits per heavy atom. The van der Waals surface area contributed by atoms with Crippen molar-refractivity contribution < 1.29 is 0 Å². The van der Waals surface area contributed by atoms with Gasteiger partial charge in [0, 0.05) is 6.04 Å². The lowest BCUT2D eigenvalue weighted by molar-refractivity contribution is 0.552. The van der Waals surface area contributed by atoms with Gasteiger partial charge in [-0.05, 0) is 29.7 Å². The zero-order valence-electron chi connectivity index (χ0n) is 9.74. The van der Waals surface area contributed by atoms with E-state index >= 15 is 0 Å². The highest BCUT2D eigenvalue weighted by atomic mass is 35.5. The minimum absolute atomic E-state index is 0.0587. The summed E-state index contributed by atoms with van der Waals surface area (Å²) in [7, 11) is 0. The maximum Gasteiger partial charge on any atom is 0.0595 e. The van der Waals surface area contributed by atoms with Crippen LogP contribution in [0.2, 0.25) is 10.0 Å². The van der Waals surface area contributed by atoms with Gasteiger partial charge in [-0.25, -0.2) is 0 Å². The van der Waals surface area contributed by atoms with Gasteiger partial charge in [-0.1, -0.05) is 59.6 Å². The van der Waals surface area contributed by atoms with Crippen LogP contribution in [-0.4, -0.2) is 0 Å². The molecule has 0 aliphatic heterocycles. The Labute approximate surface area is 117 Å². The maximum atomic E-state index is 6.00. The number of hydrogen-bond donors (Lipinski definition) is 2. The summed E-state index contributed by atoms with van der Waals surface area (Å²) in [4.78, 5) is 0. The van der Waals surface area contributed by atoms with Gasteiger partial charge in [0.05, 0.1) is 10.0 Å². The molecule has 0 saturated heterocycles. The van der Waals surface area contributed by atoms with Gasteiger partial charge >= 0.3 is 0 Å². The zero-order valence-corrected chi connectivity index (χ0v) is 11.2. The molecule has 2 nitrogen and oxygen atoms in total. The van der Waals surface area contributed by atoms with E-state index in [-0.39, 0.29) is 6.04 Å². The molecule has 0 spiro atoms. The molecule has 18 heavy (non-hydrogen) atoms. The van der Waals surface area contributed by atoms with Gasteiger partial charge < -0.3 is 0 Å². The van der Waals surface area contributed by atoms with E-state index in [1.807, 2.05) is 42.5 Å². The second-order valence-corrected chi connectivity index (χ2v) is 4.90. The number of benzene rings is 2. The molecule has 0 aromatic heterocycles. The molecule has 4 heteroatoms. The summed E-state index contributed by atoms with van der Waals surface area (Å²) >= 11 is 11.9. The highest BCUT2D eigenvalue weighted by Gasteiger charge is 2.10. The zero-order chi connectivity index (χ0) is 13.0. The Balaban J connectivity index is 2.18. The molecule has 2 aromatic carbocycles. The molecule has 0 bridgehead atoms. The second kappa shape index (κ2) is 6.21. The molecular formula is C14H14Cl2N2. The third kappa shape index (κ3) is 3.24. The van der Waals surface area contributed by atoms with Crippen molar-refractivity contribution in [2.75, 3.05) is 0 Å². The van der Waals surface area contributed by atoms with Crippen LogP contribution in [0, 0.1) is 0 Å². The van der Waals surface area contributed by atoms with Crippen LogP contribution in [0.3, 0.4) is 0 Å². The van der Waals surface area contributed by atoms with Crippen molar-refractivity contribution in [3.05, 3.63) is 69.7 Å². The lowest BCUT2D eigenvalue weighted by Crippen LogP contribution is -2.29. The molecule has 0 amide bonds. The summed E-state index contributed by atoms with van der Waals surface area (Å²) < 4.78 is 0. The van der Waals surface area contributed by atoms with Crippen LogP contribution in [0.25, 0.3) is 0 Å². The first-order valence-electron chi connectivity index (χ1n) is 5.65. The van der Waals surface area contributed by atoms with Crippen LogP contribution >= 0.6 is 23.2 Å². The van der Waals surface area contributed by atoms with E-state index < -0.39 is 0 Å². The van der Waals surface area contributed by atoms with Gasteiger partial charge in [-0.3, -0.25) is 11.3 Å². The van der Waals surface area contributed by atoms with E-state index in [9.17, 15) is 0 Å². The summed E-state index contributed by atoms with van der Waals surface area (Å²) in [5.74, 6) is 5.61. The molecule has 0 fully saturated rings. The van der Waals surface area contributed by atoms with Crippen molar-refractivity contribution in [1.82, 2.24) is 5.43 Å². The van der Waals surface area contributed by atoms with Crippen LogP contribution in [-0.2, 0) is 6.42 Å². The minimum atomic E-state index is 0.0587. The Bertz CT molecular complexity index is 514. The van der Waals surface area contributed by atoms with Gasteiger partial charge in [-0.15, -0.1) is 0 Å². The van der Waals surface area contributed by atoms with Crippen molar-refractivity contribution in [2.45, 2.75) is 12.5 Å². The fourth-order valence-corrected chi connectivity index (χ4v) is 2.18. The number of halogens is 2. The molecule has 1 atom stereocenters. The highest BCUT2D eigenvalue weighted by Crippen LogP contribution is 2.25. The largest absolute Gasteiger partial charge is 0.271 e. The van der Waals surface area contributed by atoms with Crippen LogP contribution in [0.1, 0.15) is 17.2 Å². The molecule has 0 heterocycles. The SMILES string of the molecule is NNC(Cc1ccc(Cl)c(Cl)c1)c1ccccc1. The quantitative estimate of drug-likeness (QED) is 0.661. The van der Waals surface area contributed by atoms with Crippen molar-refractivity contribution in [3.63, 3.8) is 0 Å². The van der Waals surface area contributed by atoms with Crippen molar-refractivity contribution in [2.24, 2.45) is 5.84 Å². The molecule has 3 N–H and O–H groups in total. The summed E-state index contributed by atoms with van der Waals surface area (Å²) in [6.07, 6.45) is 0.761. The molecular weight excluding hydrogens is 267 g/mol. The fourth-order valence-electron chi connectivity index (χ4n) is 1.86. The topological polar surface area (TPSA) is 38.0 Å². The van der Waals surface area contributed by atoms with Gasteiger partial charge in [-0.2, -0.15) is 0 Å². The average molecular weight is 281 g/mol. The number of nitrogens with two attached hydrogens (primary N) is 1. The predicted octanol–water partition coefficient (Wildman–Crippen LogP) is 3.74. The number of hydrazine groups is 1. The molecule has 0 aliphatic carbocycles. The third-order valence-corrected chi connectivity index (χ3v) is 3.57. The first-order chi connectivity index (χ1) is 8.70. The lowest BCUT2D eigenvalue weighted by atomic mass is 9.99. The summed E-state index contributed by atoms with van der Waals surface area (Å²) in [5.41, 5.74) is 5.06. The normalized spacial score (nSPS) is 12.4. The minimum Gasteiger partial charge on any atom is -0.271 e. The maximum absolute atomic E-state index is 6.00. The van der Waals surface area contributed by atoms with Crippen molar-refractivity contribution in [3.8, 4) is 0 Å². The van der Waals surface area contributed by atoms with Gasteiger partial charge in [0.1, 0.15) is 0 Å². The molecule has 1 unspecified atom stereocenters. The Hall–Kier alpha value is -1.06. The number of nitrogens with one attached hydrogen (secondary N) is 1. The Morgan fingerprint density at radius 1 is 1.00 bits per heavy atom. The van der Waals surface area contributed by atoms with E-state index in [1.165, 1.54) is 0 Å². The molecule has 0 aliphatic rings. The fraction of sp³-hybridized carbons (Fsp3) is 0.143. The summed E-state index contributed by atoms with van der Waals surface area (Å²) in [5, 5.41) is 1.13. The third-order valence-electron chi connectivity index (χ3n) is 2.83. The molecule has 0 radical (unpaired) electrons. The summed E-state index contributed by atoms with van der Waals surface area (Å²) in [6.45, 7) is 0. The van der Waals surface area contributed by atoms with E-state index in [1.54, 1.807) is 6.07 Å². The smallest absolute Gasteiger partial charge is 0.0595 e. The lowest BCUT2D eigenvalue weighted by Gasteiger charge is -2.16. The Morgan fingerprint density at radius 3 is 2.33 bits per heavy atom. The number of rotatable bonds is 4. The van der Waals surface area contributed by atoms with Crippen LogP contribution in [0.15, 0.2) is 48.5 Å². The first kappa shape index (κ1) is 13.4. The van der Waals surface area contributed by atoms with Crippen LogP contribution in [0.5, 0.6) is 0 Å². The van der Waals surface area contributed by atoms with Gasteiger partial charge in [0.2, 0.25) is 0 Å². The molecule has 0 saturated carbocycles. The van der Waals surface area contributed by atoms with Crippen molar-refractivity contribution in [1.29, 1.82) is 0 Å². The van der Waals surface area contributed by atoms with Gasteiger partial charge in [0.25, 0.3) is 0 Å². The van der Waals surface area contributed by atoms with Gasteiger partial charge in [0.15, 0.2) is 0 Å². The van der Waals surface area contributed by atoms with Crippen molar-refractivity contribution >= 4 is 23.2 Å². The van der Waals surface area contributed by atoms with E-state index in [2.05, 4.69) is 5.43 Å². The molecule has 94 valence electrons. The van der Waals surface area contributed by atoms with E-state index in [4.69, 9.17) is 29.0 Å². The van der Waals surface area contributed by atoms with Crippen LogP contribution in [0.4, 0.5) is 0 Å². The van der Waals surface area contributed by atoms with E-state index in [0.717, 1.165) is 17.5 Å². The standard InChI is InChI=1S/C14H14Cl2N2/c15-12-7-6-10(8-13(12)16)9-14(18-17)11-4-2-1-3-5-11/h1-8,14,18H,9,17H2. The Kier molecular flexibility index (Phi) is 4.61. The predicted molar refractivity (Wildman–Crippen MR) is 76.7 cm³/mol. The summed E-state index contributed by atoms with van der Waals surface area (Å²) in [6, 6.07) is 15.8. The van der Waals surface area contributed by atoms with Crippen LogP contribution < -0.4 is 11.3 Å². The molecule has 2 aromatic rings. The average Bonchev–Trinajstić information content (AvgIpc) is 2.41. The highest BCUT2D eigenvalue weighted by molar-refractivity contribution is 6.42. The monoisotopic (exact) mass is 280 g/mol.